The average Bonchev–Trinajstić information content (AvgIpc) is 3.34. The van der Waals surface area contributed by atoms with Gasteiger partial charge < -0.3 is 4.90 Å². The molecule has 0 bridgehead atoms. The lowest BCUT2D eigenvalue weighted by Crippen LogP contribution is -2.43. The number of anilines is 1. The number of fused-ring (bicyclic) bond motifs is 1. The van der Waals surface area contributed by atoms with Gasteiger partial charge in [0.05, 0.1) is 0 Å². The van der Waals surface area contributed by atoms with Crippen molar-refractivity contribution in [2.75, 3.05) is 17.6 Å². The standard InChI is InChI=1S/C16H17N5O3S3/c1-2-25-16-19-18-15(26-16)17-14(22)11-7-5-9-21(11)13-10-6-3-4-8-12(10)27(23,24)20-13/h3-4,6,8,11H,2,5,7,9H2,1H3,(H,17,18,22)/t11-/m0/s1. The Morgan fingerprint density at radius 1 is 1.37 bits per heavy atom. The molecule has 11 heteroatoms. The van der Waals surface area contributed by atoms with Crippen LogP contribution in [0.1, 0.15) is 25.3 Å². The molecule has 8 nitrogen and oxygen atoms in total. The van der Waals surface area contributed by atoms with Crippen LogP contribution in [-0.2, 0) is 14.8 Å². The smallest absolute Gasteiger partial charge is 0.285 e. The van der Waals surface area contributed by atoms with Gasteiger partial charge in [0.1, 0.15) is 10.9 Å². The SMILES string of the molecule is CCSc1nnc(NC(=O)[C@@H]2CCCN2C2=NS(=O)(=O)c3ccccc32)s1. The molecule has 0 saturated carbocycles. The number of nitrogens with one attached hydrogen (secondary N) is 1. The number of benzene rings is 1. The summed E-state index contributed by atoms with van der Waals surface area (Å²) >= 11 is 2.90. The van der Waals surface area contributed by atoms with E-state index in [1.165, 1.54) is 11.3 Å². The summed E-state index contributed by atoms with van der Waals surface area (Å²) in [4.78, 5) is 14.8. The quantitative estimate of drug-likeness (QED) is 0.594. The second-order valence-corrected chi connectivity index (χ2v) is 10.1. The Labute approximate surface area is 165 Å². The first-order chi connectivity index (χ1) is 13.0. The molecule has 0 unspecified atom stereocenters. The molecule has 4 rings (SSSR count). The van der Waals surface area contributed by atoms with Gasteiger partial charge in [-0.2, -0.15) is 8.42 Å². The highest BCUT2D eigenvalue weighted by molar-refractivity contribution is 8.01. The third kappa shape index (κ3) is 3.46. The van der Waals surface area contributed by atoms with Gasteiger partial charge in [-0.15, -0.1) is 14.6 Å². The van der Waals surface area contributed by atoms with Crippen LogP contribution in [-0.4, -0.2) is 53.6 Å². The van der Waals surface area contributed by atoms with E-state index in [0.717, 1.165) is 16.5 Å². The number of nitrogens with zero attached hydrogens (tertiary/aromatic N) is 4. The maximum absolute atomic E-state index is 12.8. The van der Waals surface area contributed by atoms with E-state index in [0.29, 0.717) is 29.5 Å². The van der Waals surface area contributed by atoms with Crippen LogP contribution in [0.15, 0.2) is 37.9 Å². The molecule has 2 aliphatic heterocycles. The second kappa shape index (κ2) is 7.21. The molecule has 0 spiro atoms. The van der Waals surface area contributed by atoms with Crippen molar-refractivity contribution in [1.82, 2.24) is 15.1 Å². The van der Waals surface area contributed by atoms with Crippen molar-refractivity contribution in [3.8, 4) is 0 Å². The van der Waals surface area contributed by atoms with E-state index in [9.17, 15) is 13.2 Å². The van der Waals surface area contributed by atoms with Crippen molar-refractivity contribution in [3.63, 3.8) is 0 Å². The van der Waals surface area contributed by atoms with Crippen LogP contribution in [0.5, 0.6) is 0 Å². The fourth-order valence-corrected chi connectivity index (χ4v) is 6.09. The van der Waals surface area contributed by atoms with Gasteiger partial charge >= 0.3 is 0 Å². The third-order valence-corrected chi connectivity index (χ3v) is 7.52. The van der Waals surface area contributed by atoms with E-state index in [-0.39, 0.29) is 10.8 Å². The number of aromatic nitrogens is 2. The molecule has 1 aromatic carbocycles. The van der Waals surface area contributed by atoms with Crippen LogP contribution in [0.25, 0.3) is 0 Å². The van der Waals surface area contributed by atoms with E-state index in [2.05, 4.69) is 19.9 Å². The number of thioether (sulfide) groups is 1. The first-order valence-corrected chi connectivity index (χ1v) is 11.7. The third-order valence-electron chi connectivity index (χ3n) is 4.34. The van der Waals surface area contributed by atoms with Crippen molar-refractivity contribution in [2.45, 2.75) is 35.0 Å². The fraction of sp³-hybridized carbons (Fsp3) is 0.375. The van der Waals surface area contributed by atoms with Crippen molar-refractivity contribution in [3.05, 3.63) is 29.8 Å². The van der Waals surface area contributed by atoms with E-state index >= 15 is 0 Å². The zero-order valence-electron chi connectivity index (χ0n) is 14.5. The Morgan fingerprint density at radius 2 is 2.19 bits per heavy atom. The minimum Gasteiger partial charge on any atom is -0.343 e. The topological polar surface area (TPSA) is 105 Å². The molecule has 1 fully saturated rings. The van der Waals surface area contributed by atoms with Crippen molar-refractivity contribution >= 4 is 50.0 Å². The van der Waals surface area contributed by atoms with Gasteiger partial charge in [0.2, 0.25) is 11.0 Å². The summed E-state index contributed by atoms with van der Waals surface area (Å²) in [6, 6.07) is 6.22. The Bertz CT molecular complexity index is 1020. The van der Waals surface area contributed by atoms with Crippen LogP contribution in [0.2, 0.25) is 0 Å². The van der Waals surface area contributed by atoms with Crippen LogP contribution in [0, 0.1) is 0 Å². The van der Waals surface area contributed by atoms with Gasteiger partial charge in [-0.3, -0.25) is 10.1 Å². The van der Waals surface area contributed by atoms with Gasteiger partial charge in [0, 0.05) is 12.1 Å². The minimum absolute atomic E-state index is 0.191. The fourth-order valence-electron chi connectivity index (χ4n) is 3.22. The maximum atomic E-state index is 12.8. The lowest BCUT2D eigenvalue weighted by molar-refractivity contribution is -0.119. The largest absolute Gasteiger partial charge is 0.343 e. The molecule has 1 aromatic heterocycles. The van der Waals surface area contributed by atoms with Crippen LogP contribution < -0.4 is 5.32 Å². The summed E-state index contributed by atoms with van der Waals surface area (Å²) in [5.41, 5.74) is 0.551. The van der Waals surface area contributed by atoms with E-state index in [4.69, 9.17) is 0 Å². The van der Waals surface area contributed by atoms with E-state index in [1.54, 1.807) is 40.9 Å². The lowest BCUT2D eigenvalue weighted by Gasteiger charge is -2.25. The van der Waals surface area contributed by atoms with Gasteiger partial charge in [-0.25, -0.2) is 0 Å². The Balaban J connectivity index is 1.57. The number of carbonyl (C=O) groups excluding carboxylic acids is 1. The number of hydrogen-bond donors (Lipinski definition) is 1. The molecule has 3 heterocycles. The number of amidine groups is 1. The maximum Gasteiger partial charge on any atom is 0.285 e. The Morgan fingerprint density at radius 3 is 3.00 bits per heavy atom. The minimum atomic E-state index is -3.71. The molecule has 0 aliphatic carbocycles. The predicted octanol–water partition coefficient (Wildman–Crippen LogP) is 2.20. The van der Waals surface area contributed by atoms with Crippen molar-refractivity contribution in [2.24, 2.45) is 4.40 Å². The van der Waals surface area contributed by atoms with Gasteiger partial charge in [-0.05, 0) is 30.7 Å². The summed E-state index contributed by atoms with van der Waals surface area (Å²) in [7, 11) is -3.71. The molecule has 1 atom stereocenters. The Kier molecular flexibility index (Phi) is 4.91. The average molecular weight is 424 g/mol. The number of rotatable bonds is 4. The molecule has 2 aromatic rings. The van der Waals surface area contributed by atoms with Crippen molar-refractivity contribution in [1.29, 1.82) is 0 Å². The lowest BCUT2D eigenvalue weighted by atomic mass is 10.1. The zero-order chi connectivity index (χ0) is 19.0. The summed E-state index contributed by atoms with van der Waals surface area (Å²) in [6.07, 6.45) is 1.41. The van der Waals surface area contributed by atoms with E-state index in [1.807, 2.05) is 6.92 Å². The first kappa shape index (κ1) is 18.4. The summed E-state index contributed by atoms with van der Waals surface area (Å²) in [5.74, 6) is 1.01. The normalized spacial score (nSPS) is 20.4. The molecule has 1 N–H and O–H groups in total. The highest BCUT2D eigenvalue weighted by Gasteiger charge is 2.39. The number of hydrogen-bond acceptors (Lipinski definition) is 8. The molecular weight excluding hydrogens is 406 g/mol. The van der Waals surface area contributed by atoms with Crippen LogP contribution in [0.4, 0.5) is 5.13 Å². The molecule has 0 radical (unpaired) electrons. The van der Waals surface area contributed by atoms with E-state index < -0.39 is 16.1 Å². The predicted molar refractivity (Wildman–Crippen MR) is 105 cm³/mol. The van der Waals surface area contributed by atoms with Gasteiger partial charge in [0.25, 0.3) is 10.0 Å². The number of likely N-dealkylation sites (tertiary alicyclic amines) is 1. The number of amides is 1. The molecule has 1 amide bonds. The number of sulfonamides is 1. The molecule has 1 saturated heterocycles. The first-order valence-electron chi connectivity index (χ1n) is 8.48. The van der Waals surface area contributed by atoms with Gasteiger partial charge in [-0.1, -0.05) is 42.2 Å². The molecule has 27 heavy (non-hydrogen) atoms. The van der Waals surface area contributed by atoms with Crippen molar-refractivity contribution < 1.29 is 13.2 Å². The van der Waals surface area contributed by atoms with Crippen LogP contribution in [0.3, 0.4) is 0 Å². The summed E-state index contributed by atoms with van der Waals surface area (Å²) in [6.45, 7) is 2.60. The summed E-state index contributed by atoms with van der Waals surface area (Å²) in [5, 5.41) is 11.3. The molecular formula is C16H17N5O3S3. The molecule has 2 aliphatic rings. The zero-order valence-corrected chi connectivity index (χ0v) is 16.9. The highest BCUT2D eigenvalue weighted by atomic mass is 32.2. The Hall–Kier alpha value is -1.98. The monoisotopic (exact) mass is 423 g/mol. The van der Waals surface area contributed by atoms with Crippen LogP contribution >= 0.6 is 23.1 Å². The summed E-state index contributed by atoms with van der Waals surface area (Å²) < 4.78 is 29.4. The highest BCUT2D eigenvalue weighted by Crippen LogP contribution is 2.32. The number of carbonyl (C=O) groups is 1. The second-order valence-electron chi connectivity index (χ2n) is 6.03. The molecule has 142 valence electrons. The van der Waals surface area contributed by atoms with Gasteiger partial charge in [0.15, 0.2) is 10.2 Å².